The summed E-state index contributed by atoms with van der Waals surface area (Å²) in [7, 11) is 0. The molecule has 0 fully saturated rings. The van der Waals surface area contributed by atoms with Crippen molar-refractivity contribution in [1.82, 2.24) is 15.0 Å². The molecule has 61 heavy (non-hydrogen) atoms. The van der Waals surface area contributed by atoms with E-state index < -0.39 is 0 Å². The Bertz CT molecular complexity index is 3630. The van der Waals surface area contributed by atoms with Crippen LogP contribution in [0.5, 0.6) is 0 Å². The normalized spacial score (nSPS) is 11.6. The van der Waals surface area contributed by atoms with E-state index in [-0.39, 0.29) is 0 Å². The number of hydrogen-bond acceptors (Lipinski definition) is 4. The minimum atomic E-state index is 0.606. The minimum absolute atomic E-state index is 0.606. The van der Waals surface area contributed by atoms with Crippen LogP contribution in [-0.2, 0) is 0 Å². The van der Waals surface area contributed by atoms with E-state index in [4.69, 9.17) is 19.4 Å². The number of para-hydroxylation sites is 2. The van der Waals surface area contributed by atoms with Gasteiger partial charge in [-0.15, -0.1) is 0 Å². The number of hydrogen-bond donors (Lipinski definition) is 0. The molecule has 0 unspecified atom stereocenters. The fourth-order valence-electron chi connectivity index (χ4n) is 8.92. The third-order valence-electron chi connectivity index (χ3n) is 11.9. The van der Waals surface area contributed by atoms with E-state index in [0.29, 0.717) is 17.5 Å². The van der Waals surface area contributed by atoms with Crippen molar-refractivity contribution in [3.05, 3.63) is 212 Å². The van der Waals surface area contributed by atoms with Crippen LogP contribution in [0.1, 0.15) is 0 Å². The number of benzene rings is 10. The van der Waals surface area contributed by atoms with Gasteiger partial charge in [0.1, 0.15) is 11.2 Å². The second-order valence-electron chi connectivity index (χ2n) is 15.5. The van der Waals surface area contributed by atoms with Gasteiger partial charge in [-0.2, -0.15) is 0 Å². The van der Waals surface area contributed by atoms with Crippen LogP contribution in [0.2, 0.25) is 0 Å². The third kappa shape index (κ3) is 6.04. The molecule has 0 radical (unpaired) electrons. The van der Waals surface area contributed by atoms with Crippen molar-refractivity contribution < 1.29 is 4.42 Å². The predicted octanol–water partition coefficient (Wildman–Crippen LogP) is 15.2. The molecule has 4 heteroatoms. The monoisotopic (exact) mass is 777 g/mol. The van der Waals surface area contributed by atoms with Gasteiger partial charge in [0.25, 0.3) is 0 Å². The highest BCUT2D eigenvalue weighted by Gasteiger charge is 2.17. The van der Waals surface area contributed by atoms with Crippen molar-refractivity contribution in [2.75, 3.05) is 0 Å². The Morgan fingerprint density at radius 3 is 1.61 bits per heavy atom. The van der Waals surface area contributed by atoms with Gasteiger partial charge in [0.2, 0.25) is 0 Å². The lowest BCUT2D eigenvalue weighted by Gasteiger charge is -2.14. The molecule has 0 saturated carbocycles. The summed E-state index contributed by atoms with van der Waals surface area (Å²) in [5.74, 6) is 1.83. The molecule has 0 amide bonds. The second-order valence-corrected chi connectivity index (χ2v) is 15.5. The number of fused-ring (bicyclic) bond motifs is 7. The lowest BCUT2D eigenvalue weighted by atomic mass is 9.89. The summed E-state index contributed by atoms with van der Waals surface area (Å²) >= 11 is 0. The van der Waals surface area contributed by atoms with E-state index in [1.807, 2.05) is 18.2 Å². The zero-order valence-corrected chi connectivity index (χ0v) is 33.0. The van der Waals surface area contributed by atoms with Crippen LogP contribution in [0.3, 0.4) is 0 Å². The second kappa shape index (κ2) is 14.3. The van der Waals surface area contributed by atoms with Gasteiger partial charge >= 0.3 is 0 Å². The molecule has 284 valence electrons. The SMILES string of the molecule is c1ccc(-c2cccc(-c3nc(-c4ccc(-c5c6ccccc6cc6c5ccc5ccccc56)cc4)nc(-c4ccc(-c5cccc6c5oc5ccccc56)cc4)n3)c2)cc1. The molecule has 0 bridgehead atoms. The molecule has 0 atom stereocenters. The van der Waals surface area contributed by atoms with Crippen LogP contribution in [0, 0.1) is 0 Å². The first kappa shape index (κ1) is 34.8. The molecule has 2 aromatic heterocycles. The van der Waals surface area contributed by atoms with Gasteiger partial charge in [0, 0.05) is 33.0 Å². The van der Waals surface area contributed by atoms with Crippen LogP contribution in [0.4, 0.5) is 0 Å². The Labute approximate surface area is 352 Å². The van der Waals surface area contributed by atoms with Gasteiger partial charge < -0.3 is 4.42 Å². The van der Waals surface area contributed by atoms with E-state index in [1.54, 1.807) is 0 Å². The summed E-state index contributed by atoms with van der Waals surface area (Å²) in [6.07, 6.45) is 0. The Morgan fingerprint density at radius 2 is 0.836 bits per heavy atom. The largest absolute Gasteiger partial charge is 0.455 e. The van der Waals surface area contributed by atoms with Crippen molar-refractivity contribution in [2.24, 2.45) is 0 Å². The topological polar surface area (TPSA) is 51.8 Å². The summed E-state index contributed by atoms with van der Waals surface area (Å²) in [5, 5.41) is 9.63. The van der Waals surface area contributed by atoms with Crippen molar-refractivity contribution in [2.45, 2.75) is 0 Å². The molecule has 0 aliphatic rings. The predicted molar refractivity (Wildman–Crippen MR) is 252 cm³/mol. The fourth-order valence-corrected chi connectivity index (χ4v) is 8.92. The molecule has 10 aromatic carbocycles. The standard InChI is InChI=1S/C57H35N3O/c1-2-12-36(13-3-1)42-16-10-17-44(34-42)57-59-55(40-28-24-38(25-29-40)47-21-11-22-50-48-20-8-9-23-52(48)61-54(47)50)58-56(60-57)41-30-26-39(27-31-41)53-46-19-7-5-15-43(46)35-51-45-18-6-4-14-37(45)32-33-49(51)53/h1-35H. The molecule has 0 saturated heterocycles. The average molecular weight is 778 g/mol. The number of nitrogens with zero attached hydrogens (tertiary/aromatic N) is 3. The van der Waals surface area contributed by atoms with E-state index in [9.17, 15) is 0 Å². The number of furan rings is 1. The number of rotatable bonds is 6. The molecular formula is C57H35N3O. The van der Waals surface area contributed by atoms with E-state index in [2.05, 4.69) is 194 Å². The zero-order valence-electron chi connectivity index (χ0n) is 33.0. The Kier molecular flexibility index (Phi) is 8.13. The number of aromatic nitrogens is 3. The molecule has 12 rings (SSSR count). The highest BCUT2D eigenvalue weighted by atomic mass is 16.3. The lowest BCUT2D eigenvalue weighted by molar-refractivity contribution is 0.670. The van der Waals surface area contributed by atoms with Gasteiger partial charge in [-0.1, -0.05) is 194 Å². The summed E-state index contributed by atoms with van der Waals surface area (Å²) < 4.78 is 6.39. The van der Waals surface area contributed by atoms with Crippen LogP contribution >= 0.6 is 0 Å². The van der Waals surface area contributed by atoms with Gasteiger partial charge in [0.05, 0.1) is 0 Å². The van der Waals surface area contributed by atoms with Crippen molar-refractivity contribution in [3.63, 3.8) is 0 Å². The summed E-state index contributed by atoms with van der Waals surface area (Å²) in [4.78, 5) is 15.4. The van der Waals surface area contributed by atoms with Crippen LogP contribution < -0.4 is 0 Å². The van der Waals surface area contributed by atoms with E-state index in [1.165, 1.54) is 37.9 Å². The molecule has 0 aliphatic carbocycles. The van der Waals surface area contributed by atoms with Gasteiger partial charge in [-0.05, 0) is 78.3 Å². The maximum Gasteiger partial charge on any atom is 0.164 e. The van der Waals surface area contributed by atoms with Crippen LogP contribution in [0.15, 0.2) is 217 Å². The first-order valence-corrected chi connectivity index (χ1v) is 20.6. The van der Waals surface area contributed by atoms with E-state index in [0.717, 1.165) is 66.4 Å². The van der Waals surface area contributed by atoms with Crippen LogP contribution in [-0.4, -0.2) is 15.0 Å². The molecule has 12 aromatic rings. The summed E-state index contributed by atoms with van der Waals surface area (Å²) in [6, 6.07) is 74.7. The highest BCUT2D eigenvalue weighted by Crippen LogP contribution is 2.41. The molecule has 0 aliphatic heterocycles. The Morgan fingerprint density at radius 1 is 0.279 bits per heavy atom. The van der Waals surface area contributed by atoms with Gasteiger partial charge in [0.15, 0.2) is 17.5 Å². The summed E-state index contributed by atoms with van der Waals surface area (Å²) in [5.41, 5.74) is 11.2. The minimum Gasteiger partial charge on any atom is -0.455 e. The summed E-state index contributed by atoms with van der Waals surface area (Å²) in [6.45, 7) is 0. The zero-order chi connectivity index (χ0) is 40.3. The maximum atomic E-state index is 6.39. The highest BCUT2D eigenvalue weighted by molar-refractivity contribution is 6.20. The smallest absolute Gasteiger partial charge is 0.164 e. The first-order chi connectivity index (χ1) is 30.2. The molecule has 4 nitrogen and oxygen atoms in total. The fraction of sp³-hybridized carbons (Fsp3) is 0. The van der Waals surface area contributed by atoms with E-state index >= 15 is 0 Å². The Hall–Kier alpha value is -8.21. The molecule has 0 N–H and O–H groups in total. The average Bonchev–Trinajstić information content (AvgIpc) is 3.73. The van der Waals surface area contributed by atoms with Crippen molar-refractivity contribution in [3.8, 4) is 67.5 Å². The molecular weight excluding hydrogens is 743 g/mol. The first-order valence-electron chi connectivity index (χ1n) is 20.6. The maximum absolute atomic E-state index is 6.39. The lowest BCUT2D eigenvalue weighted by Crippen LogP contribution is -2.00. The Balaban J connectivity index is 0.981. The van der Waals surface area contributed by atoms with Gasteiger partial charge in [-0.3, -0.25) is 0 Å². The van der Waals surface area contributed by atoms with Gasteiger partial charge in [-0.25, -0.2) is 15.0 Å². The van der Waals surface area contributed by atoms with Crippen LogP contribution in [0.25, 0.3) is 122 Å². The molecule has 2 heterocycles. The molecule has 0 spiro atoms. The van der Waals surface area contributed by atoms with Crippen molar-refractivity contribution in [1.29, 1.82) is 0 Å². The van der Waals surface area contributed by atoms with Crippen molar-refractivity contribution >= 4 is 54.3 Å². The third-order valence-corrected chi connectivity index (χ3v) is 11.9. The quantitative estimate of drug-likeness (QED) is 0.125.